The number of hydrogen-bond acceptors (Lipinski definition) is 0. The van der Waals surface area contributed by atoms with Gasteiger partial charge < -0.3 is 9.13 Å². The molecular formula is C52H34F3N3. The van der Waals surface area contributed by atoms with Gasteiger partial charge in [-0.2, -0.15) is 13.2 Å². The minimum absolute atomic E-state index is 0.00411. The fourth-order valence-electron chi connectivity index (χ4n) is 8.83. The van der Waals surface area contributed by atoms with E-state index in [1.54, 1.807) is 45.5 Å². The van der Waals surface area contributed by atoms with Crippen LogP contribution in [0.5, 0.6) is 0 Å². The number of fused-ring (bicyclic) bond motifs is 6. The third-order valence-corrected chi connectivity index (χ3v) is 11.4. The van der Waals surface area contributed by atoms with Gasteiger partial charge in [0, 0.05) is 27.1 Å². The highest BCUT2D eigenvalue weighted by Crippen LogP contribution is 2.48. The van der Waals surface area contributed by atoms with Gasteiger partial charge in [-0.3, -0.25) is 0 Å². The molecule has 0 amide bonds. The molecule has 0 spiro atoms. The Balaban J connectivity index is 1.34. The van der Waals surface area contributed by atoms with Gasteiger partial charge in [0.15, 0.2) is 5.69 Å². The topological polar surface area (TPSA) is 14.2 Å². The monoisotopic (exact) mass is 757 g/mol. The fourth-order valence-corrected chi connectivity index (χ4v) is 8.83. The smallest absolute Gasteiger partial charge is 0.309 e. The third-order valence-electron chi connectivity index (χ3n) is 11.4. The third kappa shape index (κ3) is 5.50. The van der Waals surface area contributed by atoms with Gasteiger partial charge in [0.2, 0.25) is 0 Å². The highest BCUT2D eigenvalue weighted by Gasteiger charge is 2.40. The van der Waals surface area contributed by atoms with E-state index >= 15 is 13.2 Å². The van der Waals surface area contributed by atoms with Gasteiger partial charge in [-0.15, -0.1) is 0 Å². The molecule has 0 aliphatic rings. The van der Waals surface area contributed by atoms with Crippen LogP contribution in [-0.2, 0) is 6.18 Å². The van der Waals surface area contributed by atoms with Gasteiger partial charge in [0.25, 0.3) is 0 Å². The van der Waals surface area contributed by atoms with Crippen LogP contribution in [0.4, 0.5) is 18.9 Å². The molecule has 278 valence electrons. The van der Waals surface area contributed by atoms with Crippen molar-refractivity contribution in [1.29, 1.82) is 0 Å². The van der Waals surface area contributed by atoms with Crippen LogP contribution in [0.25, 0.3) is 93.2 Å². The molecule has 0 N–H and O–H groups in total. The number of aromatic nitrogens is 2. The lowest BCUT2D eigenvalue weighted by atomic mass is 9.96. The van der Waals surface area contributed by atoms with Crippen LogP contribution in [0.2, 0.25) is 0 Å². The normalized spacial score (nSPS) is 11.9. The predicted octanol–water partition coefficient (Wildman–Crippen LogP) is 15.1. The standard InChI is InChI=1S/C52H34F3N3/c1-32-13-4-6-17-38(32)35-23-26-47-43(30-35)41-19-8-10-21-45(41)57(47)49-28-25-40(34-15-12-16-37(29-34)56-3)51(50(49)52(53,54)55)58-46-22-11-9-20-42(46)44-31-36(24-27-48(44)58)39-18-7-5-14-33(39)2/h4-31H,1-2H3. The van der Waals surface area contributed by atoms with Crippen molar-refractivity contribution in [1.82, 2.24) is 9.13 Å². The number of nitrogens with zero attached hydrogens (tertiary/aromatic N) is 3. The first-order chi connectivity index (χ1) is 28.2. The van der Waals surface area contributed by atoms with Gasteiger partial charge >= 0.3 is 6.18 Å². The van der Waals surface area contributed by atoms with E-state index in [9.17, 15) is 0 Å². The van der Waals surface area contributed by atoms with Crippen LogP contribution in [0.15, 0.2) is 170 Å². The lowest BCUT2D eigenvalue weighted by molar-refractivity contribution is -0.137. The van der Waals surface area contributed by atoms with Crippen LogP contribution < -0.4 is 0 Å². The molecule has 0 bridgehead atoms. The summed E-state index contributed by atoms with van der Waals surface area (Å²) >= 11 is 0. The summed E-state index contributed by atoms with van der Waals surface area (Å²) < 4.78 is 53.1. The highest BCUT2D eigenvalue weighted by molar-refractivity contribution is 6.13. The quantitative estimate of drug-likeness (QED) is 0.155. The van der Waals surface area contributed by atoms with Crippen molar-refractivity contribution in [2.75, 3.05) is 0 Å². The first-order valence-corrected chi connectivity index (χ1v) is 19.1. The zero-order valence-electron chi connectivity index (χ0n) is 31.6. The number of halogens is 3. The van der Waals surface area contributed by atoms with E-state index in [4.69, 9.17) is 6.57 Å². The molecule has 0 unspecified atom stereocenters. The summed E-state index contributed by atoms with van der Waals surface area (Å²) in [6, 6.07) is 53.9. The molecule has 0 saturated carbocycles. The van der Waals surface area contributed by atoms with E-state index in [0.29, 0.717) is 38.9 Å². The van der Waals surface area contributed by atoms with Crippen molar-refractivity contribution in [3.63, 3.8) is 0 Å². The molecule has 0 aliphatic carbocycles. The second kappa shape index (κ2) is 13.4. The maximum absolute atomic E-state index is 16.5. The van der Waals surface area contributed by atoms with Gasteiger partial charge in [0.05, 0.1) is 40.0 Å². The van der Waals surface area contributed by atoms with Crippen LogP contribution in [0.3, 0.4) is 0 Å². The Labute approximate surface area is 333 Å². The number of alkyl halides is 3. The van der Waals surface area contributed by atoms with Crippen molar-refractivity contribution >= 4 is 49.3 Å². The first kappa shape index (κ1) is 35.1. The van der Waals surface area contributed by atoms with E-state index in [1.165, 1.54) is 0 Å². The maximum atomic E-state index is 16.5. The van der Waals surface area contributed by atoms with Crippen LogP contribution >= 0.6 is 0 Å². The highest BCUT2D eigenvalue weighted by atomic mass is 19.4. The summed E-state index contributed by atoms with van der Waals surface area (Å²) in [6.45, 7) is 11.9. The van der Waals surface area contributed by atoms with E-state index in [-0.39, 0.29) is 11.4 Å². The molecule has 0 atom stereocenters. The summed E-state index contributed by atoms with van der Waals surface area (Å²) in [4.78, 5) is 3.64. The minimum atomic E-state index is -4.81. The van der Waals surface area contributed by atoms with Crippen molar-refractivity contribution in [3.05, 3.63) is 198 Å². The zero-order valence-corrected chi connectivity index (χ0v) is 31.6. The van der Waals surface area contributed by atoms with Gasteiger partial charge in [0.1, 0.15) is 5.56 Å². The molecule has 0 radical (unpaired) electrons. The molecule has 0 fully saturated rings. The second-order valence-corrected chi connectivity index (χ2v) is 14.8. The number of hydrogen-bond donors (Lipinski definition) is 0. The maximum Gasteiger partial charge on any atom is 0.420 e. The summed E-state index contributed by atoms with van der Waals surface area (Å²) in [5.74, 6) is 0. The second-order valence-electron chi connectivity index (χ2n) is 14.8. The average Bonchev–Trinajstić information content (AvgIpc) is 3.75. The van der Waals surface area contributed by atoms with Crippen molar-refractivity contribution < 1.29 is 13.2 Å². The summed E-state index contributed by atoms with van der Waals surface area (Å²) in [6.07, 6.45) is -4.81. The molecule has 6 heteroatoms. The Kier molecular flexibility index (Phi) is 8.10. The molecule has 58 heavy (non-hydrogen) atoms. The van der Waals surface area contributed by atoms with E-state index in [0.717, 1.165) is 54.9 Å². The molecule has 2 heterocycles. The number of aryl methyl sites for hydroxylation is 2. The van der Waals surface area contributed by atoms with Crippen molar-refractivity contribution in [3.8, 4) is 44.8 Å². The Morgan fingerprint density at radius 1 is 0.448 bits per heavy atom. The lowest BCUT2D eigenvalue weighted by Gasteiger charge is -2.24. The molecular weight excluding hydrogens is 724 g/mol. The molecule has 0 saturated heterocycles. The van der Waals surface area contributed by atoms with Crippen molar-refractivity contribution in [2.24, 2.45) is 0 Å². The van der Waals surface area contributed by atoms with Crippen LogP contribution in [-0.4, -0.2) is 9.13 Å². The minimum Gasteiger partial charge on any atom is -0.309 e. The van der Waals surface area contributed by atoms with E-state index in [2.05, 4.69) is 55.1 Å². The molecule has 2 aromatic heterocycles. The number of benzene rings is 8. The van der Waals surface area contributed by atoms with Crippen molar-refractivity contribution in [2.45, 2.75) is 20.0 Å². The number of rotatable bonds is 5. The largest absolute Gasteiger partial charge is 0.420 e. The first-order valence-electron chi connectivity index (χ1n) is 19.1. The summed E-state index contributed by atoms with van der Waals surface area (Å²) in [5.41, 5.74) is 9.46. The van der Waals surface area contributed by atoms with E-state index < -0.39 is 11.7 Å². The summed E-state index contributed by atoms with van der Waals surface area (Å²) in [5, 5.41) is 3.40. The molecule has 3 nitrogen and oxygen atoms in total. The van der Waals surface area contributed by atoms with Crippen LogP contribution in [0, 0.1) is 20.4 Å². The Hall–Kier alpha value is -7.36. The molecule has 0 aliphatic heterocycles. The van der Waals surface area contributed by atoms with E-state index in [1.807, 2.05) is 97.1 Å². The van der Waals surface area contributed by atoms with Gasteiger partial charge in [-0.1, -0.05) is 121 Å². The number of para-hydroxylation sites is 2. The Morgan fingerprint density at radius 3 is 1.52 bits per heavy atom. The Morgan fingerprint density at radius 2 is 0.948 bits per heavy atom. The predicted molar refractivity (Wildman–Crippen MR) is 232 cm³/mol. The molecule has 10 rings (SSSR count). The molecule has 10 aromatic rings. The SMILES string of the molecule is [C-]#[N+]c1cccc(-c2ccc(-n3c4ccccc4c4cc(-c5ccccc5C)ccc43)c(C(F)(F)F)c2-n2c3ccccc3c3cc(-c4ccccc4C)ccc32)c1. The lowest BCUT2D eigenvalue weighted by Crippen LogP contribution is -2.16. The fraction of sp³-hybridized carbons (Fsp3) is 0.0577. The Bertz CT molecular complexity index is 3320. The molecule has 8 aromatic carbocycles. The van der Waals surface area contributed by atoms with Gasteiger partial charge in [-0.05, 0) is 101 Å². The average molecular weight is 758 g/mol. The summed E-state index contributed by atoms with van der Waals surface area (Å²) in [7, 11) is 0. The van der Waals surface area contributed by atoms with Gasteiger partial charge in [-0.25, -0.2) is 4.85 Å². The zero-order chi connectivity index (χ0) is 39.7. The van der Waals surface area contributed by atoms with Crippen LogP contribution in [0.1, 0.15) is 16.7 Å².